The summed E-state index contributed by atoms with van der Waals surface area (Å²) in [4.78, 5) is 2.05. The normalized spacial score (nSPS) is 22.2. The minimum absolute atomic E-state index is 0.172. The fraction of sp³-hybridized carbons (Fsp3) is 0.571. The van der Waals surface area contributed by atoms with E-state index in [1.807, 2.05) is 6.92 Å². The number of likely N-dealkylation sites (tertiary alicyclic amines) is 1. The Hall–Kier alpha value is -1.14. The molecule has 0 spiro atoms. The van der Waals surface area contributed by atoms with Crippen LogP contribution in [0.4, 0.5) is 17.6 Å². The van der Waals surface area contributed by atoms with Gasteiger partial charge in [0.1, 0.15) is 5.82 Å². The molecule has 0 radical (unpaired) electrons. The van der Waals surface area contributed by atoms with Crippen molar-refractivity contribution < 1.29 is 17.6 Å². The standard InChI is InChI=1S/C14H18F4N2/c1-9-3-2-4-20(9)13(8-19)10-5-11(14(16,17)18)7-12(15)6-10/h5-7,9,13H,2-4,8,19H2,1H3. The lowest BCUT2D eigenvalue weighted by Crippen LogP contribution is -2.36. The number of rotatable bonds is 3. The zero-order chi connectivity index (χ0) is 14.9. The van der Waals surface area contributed by atoms with Gasteiger partial charge in [-0.15, -0.1) is 0 Å². The minimum atomic E-state index is -4.55. The monoisotopic (exact) mass is 290 g/mol. The van der Waals surface area contributed by atoms with E-state index in [1.54, 1.807) is 0 Å². The van der Waals surface area contributed by atoms with Crippen LogP contribution < -0.4 is 5.73 Å². The summed E-state index contributed by atoms with van der Waals surface area (Å²) in [6, 6.07) is 2.55. The van der Waals surface area contributed by atoms with E-state index in [0.29, 0.717) is 11.6 Å². The number of hydrogen-bond donors (Lipinski definition) is 1. The lowest BCUT2D eigenvalue weighted by Gasteiger charge is -2.31. The molecule has 112 valence electrons. The summed E-state index contributed by atoms with van der Waals surface area (Å²) >= 11 is 0. The molecule has 2 atom stereocenters. The van der Waals surface area contributed by atoms with E-state index in [2.05, 4.69) is 4.90 Å². The van der Waals surface area contributed by atoms with Gasteiger partial charge in [-0.05, 0) is 50.1 Å². The molecule has 1 aromatic carbocycles. The molecule has 0 aliphatic carbocycles. The van der Waals surface area contributed by atoms with Crippen molar-refractivity contribution in [2.75, 3.05) is 13.1 Å². The van der Waals surface area contributed by atoms with E-state index in [4.69, 9.17) is 5.73 Å². The first kappa shape index (κ1) is 15.3. The molecule has 2 nitrogen and oxygen atoms in total. The Balaban J connectivity index is 2.37. The van der Waals surface area contributed by atoms with Gasteiger partial charge in [-0.1, -0.05) is 0 Å². The number of alkyl halides is 3. The van der Waals surface area contributed by atoms with Crippen LogP contribution in [0.5, 0.6) is 0 Å². The van der Waals surface area contributed by atoms with Gasteiger partial charge in [-0.25, -0.2) is 4.39 Å². The fourth-order valence-electron chi connectivity index (χ4n) is 2.85. The Labute approximate surface area is 115 Å². The fourth-order valence-corrected chi connectivity index (χ4v) is 2.85. The third-order valence-electron chi connectivity index (χ3n) is 3.86. The Morgan fingerprint density at radius 2 is 2.05 bits per heavy atom. The first-order chi connectivity index (χ1) is 9.32. The largest absolute Gasteiger partial charge is 0.416 e. The van der Waals surface area contributed by atoms with E-state index in [1.165, 1.54) is 0 Å². The summed E-state index contributed by atoms with van der Waals surface area (Å²) in [7, 11) is 0. The van der Waals surface area contributed by atoms with Crippen LogP contribution in [0.3, 0.4) is 0 Å². The lowest BCUT2D eigenvalue weighted by atomic mass is 10.0. The van der Waals surface area contributed by atoms with Gasteiger partial charge >= 0.3 is 6.18 Å². The molecular formula is C14H18F4N2. The number of nitrogens with zero attached hydrogens (tertiary/aromatic N) is 1. The summed E-state index contributed by atoms with van der Waals surface area (Å²) in [6.45, 7) is 2.96. The lowest BCUT2D eigenvalue weighted by molar-refractivity contribution is -0.137. The average molecular weight is 290 g/mol. The smallest absolute Gasteiger partial charge is 0.329 e. The quantitative estimate of drug-likeness (QED) is 0.865. The molecule has 0 saturated carbocycles. The van der Waals surface area contributed by atoms with Gasteiger partial charge in [0.25, 0.3) is 0 Å². The Morgan fingerprint density at radius 1 is 1.35 bits per heavy atom. The van der Waals surface area contributed by atoms with Crippen LogP contribution >= 0.6 is 0 Å². The van der Waals surface area contributed by atoms with Gasteiger partial charge in [0.05, 0.1) is 5.56 Å². The topological polar surface area (TPSA) is 29.3 Å². The van der Waals surface area contributed by atoms with Crippen molar-refractivity contribution in [2.24, 2.45) is 5.73 Å². The van der Waals surface area contributed by atoms with Crippen molar-refractivity contribution in [1.29, 1.82) is 0 Å². The van der Waals surface area contributed by atoms with Crippen LogP contribution in [0.2, 0.25) is 0 Å². The Bertz CT molecular complexity index is 473. The summed E-state index contributed by atoms with van der Waals surface area (Å²) in [5.74, 6) is -0.875. The first-order valence-corrected chi connectivity index (χ1v) is 6.66. The molecule has 1 aliphatic rings. The summed E-state index contributed by atoms with van der Waals surface area (Å²) < 4.78 is 51.8. The van der Waals surface area contributed by atoms with Crippen LogP contribution in [0, 0.1) is 5.82 Å². The number of nitrogens with two attached hydrogens (primary N) is 1. The number of hydrogen-bond acceptors (Lipinski definition) is 2. The van der Waals surface area contributed by atoms with E-state index >= 15 is 0 Å². The second-order valence-corrected chi connectivity index (χ2v) is 5.25. The molecule has 2 unspecified atom stereocenters. The van der Waals surface area contributed by atoms with Gasteiger partial charge in [0.2, 0.25) is 0 Å². The molecule has 1 aromatic rings. The molecule has 0 amide bonds. The minimum Gasteiger partial charge on any atom is -0.329 e. The molecule has 2 rings (SSSR count). The molecule has 1 fully saturated rings. The number of halogens is 4. The first-order valence-electron chi connectivity index (χ1n) is 6.66. The maximum absolute atomic E-state index is 13.5. The van der Waals surface area contributed by atoms with Crippen LogP contribution in [0.15, 0.2) is 18.2 Å². The molecule has 0 aromatic heterocycles. The molecule has 0 bridgehead atoms. The second kappa shape index (κ2) is 5.69. The average Bonchev–Trinajstić information content (AvgIpc) is 2.75. The molecule has 1 aliphatic heterocycles. The van der Waals surface area contributed by atoms with Gasteiger partial charge in [0.15, 0.2) is 0 Å². The predicted molar refractivity (Wildman–Crippen MR) is 68.6 cm³/mol. The van der Waals surface area contributed by atoms with Crippen molar-refractivity contribution in [1.82, 2.24) is 4.90 Å². The van der Waals surface area contributed by atoms with Gasteiger partial charge in [-0.2, -0.15) is 13.2 Å². The van der Waals surface area contributed by atoms with Crippen LogP contribution in [0.25, 0.3) is 0 Å². The van der Waals surface area contributed by atoms with Gasteiger partial charge in [0, 0.05) is 18.6 Å². The summed E-state index contributed by atoms with van der Waals surface area (Å²) in [5.41, 5.74) is 5.05. The maximum Gasteiger partial charge on any atom is 0.416 e. The predicted octanol–water partition coefficient (Wildman–Crippen LogP) is 3.33. The van der Waals surface area contributed by atoms with E-state index in [9.17, 15) is 17.6 Å². The highest BCUT2D eigenvalue weighted by atomic mass is 19.4. The third-order valence-corrected chi connectivity index (χ3v) is 3.86. The molecule has 1 saturated heterocycles. The highest BCUT2D eigenvalue weighted by Gasteiger charge is 2.34. The van der Waals surface area contributed by atoms with Crippen LogP contribution in [-0.2, 0) is 6.18 Å². The van der Waals surface area contributed by atoms with Crippen molar-refractivity contribution in [3.63, 3.8) is 0 Å². The molecule has 1 heterocycles. The zero-order valence-corrected chi connectivity index (χ0v) is 11.3. The summed E-state index contributed by atoms with van der Waals surface area (Å²) in [6.07, 6.45) is -2.58. The van der Waals surface area contributed by atoms with E-state index in [-0.39, 0.29) is 18.6 Å². The van der Waals surface area contributed by atoms with Crippen molar-refractivity contribution in [3.8, 4) is 0 Å². The molecular weight excluding hydrogens is 272 g/mol. The van der Waals surface area contributed by atoms with Gasteiger partial charge < -0.3 is 5.73 Å². The number of benzene rings is 1. The van der Waals surface area contributed by atoms with Crippen molar-refractivity contribution >= 4 is 0 Å². The molecule has 6 heteroatoms. The highest BCUT2D eigenvalue weighted by Crippen LogP contribution is 2.34. The second-order valence-electron chi connectivity index (χ2n) is 5.25. The Morgan fingerprint density at radius 3 is 2.55 bits per heavy atom. The molecule has 20 heavy (non-hydrogen) atoms. The third kappa shape index (κ3) is 3.12. The SMILES string of the molecule is CC1CCCN1C(CN)c1cc(F)cc(C(F)(F)F)c1. The zero-order valence-electron chi connectivity index (χ0n) is 11.3. The van der Waals surface area contributed by atoms with Crippen molar-refractivity contribution in [2.45, 2.75) is 38.0 Å². The highest BCUT2D eigenvalue weighted by molar-refractivity contribution is 5.29. The maximum atomic E-state index is 13.5. The molecule has 2 N–H and O–H groups in total. The van der Waals surface area contributed by atoms with Crippen LogP contribution in [-0.4, -0.2) is 24.0 Å². The van der Waals surface area contributed by atoms with Gasteiger partial charge in [-0.3, -0.25) is 4.90 Å². The summed E-state index contributed by atoms with van der Waals surface area (Å²) in [5, 5.41) is 0. The van der Waals surface area contributed by atoms with Crippen molar-refractivity contribution in [3.05, 3.63) is 35.1 Å². The van der Waals surface area contributed by atoms with E-state index < -0.39 is 17.6 Å². The Kier molecular flexibility index (Phi) is 4.34. The van der Waals surface area contributed by atoms with E-state index in [0.717, 1.165) is 31.5 Å². The van der Waals surface area contributed by atoms with Crippen LogP contribution in [0.1, 0.15) is 36.9 Å².